The Labute approximate surface area is 329 Å². The van der Waals surface area contributed by atoms with E-state index in [0.29, 0.717) is 0 Å². The number of aliphatic hydroxyl groups is 1. The van der Waals surface area contributed by atoms with E-state index in [1.807, 2.05) is 0 Å². The fraction of sp³-hybridized carbons (Fsp3) is 0.0500. The molecular formula is C20H18Na5O11P2. The molecule has 0 fully saturated rings. The first-order valence-electron chi connectivity index (χ1n) is 9.06. The number of hydrogen-bond acceptors (Lipinski definition) is 6. The van der Waals surface area contributed by atoms with Crippen LogP contribution in [-0.2, 0) is 14.7 Å². The van der Waals surface area contributed by atoms with Crippen LogP contribution in [0, 0.1) is 0 Å². The number of carboxylic acids is 1. The van der Waals surface area contributed by atoms with Gasteiger partial charge in [-0.15, -0.1) is 0 Å². The largest absolute Gasteiger partial charge is 0.524 e. The minimum absolute atomic E-state index is 0. The van der Waals surface area contributed by atoms with Crippen molar-refractivity contribution in [2.75, 3.05) is 0 Å². The number of carbonyl (C=O) groups is 1. The molecule has 0 aliphatic heterocycles. The van der Waals surface area contributed by atoms with Gasteiger partial charge in [-0.05, 0) is 41.5 Å². The second-order valence-electron chi connectivity index (χ2n) is 6.77. The van der Waals surface area contributed by atoms with Gasteiger partial charge in [-0.2, -0.15) is 0 Å². The van der Waals surface area contributed by atoms with Crippen LogP contribution in [0.5, 0.6) is 11.5 Å². The number of rotatable bonds is 8. The van der Waals surface area contributed by atoms with E-state index in [1.54, 1.807) is 0 Å². The third-order valence-corrected chi connectivity index (χ3v) is 5.44. The zero-order chi connectivity index (χ0) is 24.4. The predicted octanol–water partition coefficient (Wildman–Crippen LogP) is 0.708. The maximum atomic E-state index is 11.8. The van der Waals surface area contributed by atoms with E-state index in [9.17, 15) is 24.1 Å². The molecule has 0 spiro atoms. The monoisotopic (exact) mass is 611 g/mol. The quantitative estimate of drug-likeness (QED) is 0.120. The maximum Gasteiger partial charge on any atom is 0.524 e. The van der Waals surface area contributed by atoms with Gasteiger partial charge >= 0.3 is 21.6 Å². The Balaban J connectivity index is -0.00000245. The van der Waals surface area contributed by atoms with Gasteiger partial charge in [-0.3, -0.25) is 19.6 Å². The van der Waals surface area contributed by atoms with Crippen LogP contribution in [0.3, 0.4) is 0 Å². The van der Waals surface area contributed by atoms with Crippen LogP contribution in [0.1, 0.15) is 27.0 Å². The van der Waals surface area contributed by atoms with Gasteiger partial charge in [0.25, 0.3) is 0 Å². The first kappa shape index (κ1) is 44.4. The molecule has 3 rings (SSSR count). The van der Waals surface area contributed by atoms with E-state index in [2.05, 4.69) is 9.05 Å². The summed E-state index contributed by atoms with van der Waals surface area (Å²) in [7, 11) is -9.64. The van der Waals surface area contributed by atoms with Gasteiger partial charge in [0, 0.05) is 153 Å². The van der Waals surface area contributed by atoms with Crippen molar-refractivity contribution in [3.05, 3.63) is 95.1 Å². The summed E-state index contributed by atoms with van der Waals surface area (Å²) in [4.78, 5) is 47.7. The fourth-order valence-corrected chi connectivity index (χ4v) is 4.04. The van der Waals surface area contributed by atoms with E-state index in [1.165, 1.54) is 72.8 Å². The molecule has 0 saturated carbocycles. The van der Waals surface area contributed by atoms with Crippen molar-refractivity contribution in [3.63, 3.8) is 0 Å². The number of benzene rings is 3. The predicted molar refractivity (Wildman–Crippen MR) is 143 cm³/mol. The molecule has 0 bridgehead atoms. The summed E-state index contributed by atoms with van der Waals surface area (Å²) in [5, 5.41) is 21.5. The van der Waals surface area contributed by atoms with Crippen LogP contribution in [0.25, 0.3) is 0 Å². The zero-order valence-corrected chi connectivity index (χ0v) is 33.3. The van der Waals surface area contributed by atoms with Crippen molar-refractivity contribution in [2.45, 2.75) is 5.60 Å². The second-order valence-corrected chi connectivity index (χ2v) is 9.10. The van der Waals surface area contributed by atoms with Crippen molar-refractivity contribution in [2.24, 2.45) is 0 Å². The second kappa shape index (κ2) is 18.6. The summed E-state index contributed by atoms with van der Waals surface area (Å²) in [5.74, 6) is -1.69. The molecule has 0 aromatic heterocycles. The van der Waals surface area contributed by atoms with Crippen LogP contribution in [0.2, 0.25) is 0 Å². The average Bonchev–Trinajstić information content (AvgIpc) is 2.72. The van der Waals surface area contributed by atoms with Gasteiger partial charge in [-0.1, -0.05) is 42.5 Å². The van der Waals surface area contributed by atoms with Gasteiger partial charge in [-0.25, -0.2) is 13.9 Å². The van der Waals surface area contributed by atoms with Crippen LogP contribution in [-0.4, -0.2) is 184 Å². The molecule has 38 heavy (non-hydrogen) atoms. The summed E-state index contributed by atoms with van der Waals surface area (Å²) in [6.45, 7) is 0. The first-order chi connectivity index (χ1) is 15.3. The molecule has 11 nitrogen and oxygen atoms in total. The van der Waals surface area contributed by atoms with Crippen molar-refractivity contribution in [3.8, 4) is 11.5 Å². The Hall–Kier alpha value is 1.99. The van der Waals surface area contributed by atoms with Gasteiger partial charge in [0.05, 0.1) is 5.56 Å². The molecule has 179 valence electrons. The van der Waals surface area contributed by atoms with Crippen LogP contribution in [0.15, 0.2) is 72.8 Å². The van der Waals surface area contributed by atoms with E-state index >= 15 is 0 Å². The molecule has 3 aromatic rings. The van der Waals surface area contributed by atoms with Gasteiger partial charge in [0.2, 0.25) is 0 Å². The van der Waals surface area contributed by atoms with Crippen molar-refractivity contribution in [1.29, 1.82) is 0 Å². The van der Waals surface area contributed by atoms with Crippen molar-refractivity contribution >= 4 is 169 Å². The molecule has 18 heteroatoms. The maximum absolute atomic E-state index is 11.8. The molecule has 0 atom stereocenters. The molecule has 0 unspecified atom stereocenters. The Morgan fingerprint density at radius 3 is 1.29 bits per heavy atom. The molecule has 0 aliphatic rings. The molecule has 3 aromatic carbocycles. The zero-order valence-electron chi connectivity index (χ0n) is 21.5. The van der Waals surface area contributed by atoms with E-state index in [-0.39, 0.29) is 182 Å². The number of aromatic carboxylic acids is 1. The molecule has 0 amide bonds. The summed E-state index contributed by atoms with van der Waals surface area (Å²) in [5.41, 5.74) is -2.08. The standard InChI is InChI=1S/C20H18O11P2.5Na/c21-19(22)17-3-1-2-4-18(17)20(23,13-5-9-15(10-6-13)30-32(24,25)26)14-7-11-16(12-8-14)31-33(27,28)29;;;;;/h1-12,23H,(H,21,22)(H2,24,25,26)(H2,27,28,29);;;;;. The smallest absolute Gasteiger partial charge is 0.478 e. The molecule has 0 heterocycles. The number of phosphoric ester groups is 2. The van der Waals surface area contributed by atoms with E-state index < -0.39 is 27.2 Å². The Morgan fingerprint density at radius 1 is 0.632 bits per heavy atom. The van der Waals surface area contributed by atoms with E-state index in [0.717, 1.165) is 0 Å². The summed E-state index contributed by atoms with van der Waals surface area (Å²) < 4.78 is 31.1. The number of carboxylic acid groups (broad SMARTS) is 1. The van der Waals surface area contributed by atoms with Crippen LogP contribution >= 0.6 is 15.6 Å². The Kier molecular flexibility index (Phi) is 21.8. The summed E-state index contributed by atoms with van der Waals surface area (Å²) in [6.07, 6.45) is 0. The third-order valence-electron chi connectivity index (χ3n) is 4.54. The minimum atomic E-state index is -4.82. The first-order valence-corrected chi connectivity index (χ1v) is 12.1. The van der Waals surface area contributed by atoms with Crippen molar-refractivity contribution < 1.29 is 52.8 Å². The minimum Gasteiger partial charge on any atom is -0.478 e. The van der Waals surface area contributed by atoms with Gasteiger partial charge in [0.1, 0.15) is 17.1 Å². The summed E-state index contributed by atoms with van der Waals surface area (Å²) in [6, 6.07) is 15.6. The Morgan fingerprint density at radius 2 is 0.974 bits per heavy atom. The summed E-state index contributed by atoms with van der Waals surface area (Å²) >= 11 is 0. The molecule has 6 N–H and O–H groups in total. The SMILES string of the molecule is O=C(O)c1ccccc1C(O)(c1ccc(OP(=O)(O)O)cc1)c1ccc(OP(=O)(O)O)cc1.[Na].[Na].[Na].[Na].[Na]. The molecule has 0 aliphatic carbocycles. The molecule has 5 radical (unpaired) electrons. The third kappa shape index (κ3) is 12.3. The molecule has 0 saturated heterocycles. The van der Waals surface area contributed by atoms with Gasteiger partial charge < -0.3 is 19.3 Å². The van der Waals surface area contributed by atoms with E-state index in [4.69, 9.17) is 19.6 Å². The normalized spacial score (nSPS) is 10.7. The number of hydrogen-bond donors (Lipinski definition) is 6. The average molecular weight is 611 g/mol. The molecular weight excluding hydrogens is 593 g/mol. The van der Waals surface area contributed by atoms with Crippen LogP contribution < -0.4 is 9.05 Å². The Bertz CT molecular complexity index is 1200. The number of phosphoric acid groups is 2. The van der Waals surface area contributed by atoms with Gasteiger partial charge in [0.15, 0.2) is 0 Å². The van der Waals surface area contributed by atoms with Crippen molar-refractivity contribution in [1.82, 2.24) is 0 Å². The fourth-order valence-electron chi connectivity index (χ4n) is 3.25. The topological polar surface area (TPSA) is 191 Å². The van der Waals surface area contributed by atoms with Crippen LogP contribution in [0.4, 0.5) is 0 Å².